The Morgan fingerprint density at radius 2 is 1.91 bits per heavy atom. The molecule has 1 aromatic carbocycles. The topological polar surface area (TPSA) is 46.5 Å². The lowest BCUT2D eigenvalue weighted by Gasteiger charge is -2.53. The fraction of sp³-hybridized carbons (Fsp3) is 0.632. The van der Waals surface area contributed by atoms with E-state index in [1.165, 1.54) is 18.4 Å². The molecule has 2 aliphatic carbocycles. The Bertz CT molecular complexity index is 541. The summed E-state index contributed by atoms with van der Waals surface area (Å²) in [4.78, 5) is 11.0. The first kappa shape index (κ1) is 14.3. The summed E-state index contributed by atoms with van der Waals surface area (Å²) in [5.74, 6) is -0.239. The zero-order valence-corrected chi connectivity index (χ0v) is 13.0. The molecule has 0 spiro atoms. The van der Waals surface area contributed by atoms with Gasteiger partial charge in [-0.1, -0.05) is 30.3 Å². The molecule has 1 aromatic rings. The number of rotatable bonds is 5. The number of carbonyl (C=O) groups is 1. The number of carboxylic acids is 1. The van der Waals surface area contributed by atoms with Crippen LogP contribution in [0.5, 0.6) is 0 Å². The maximum absolute atomic E-state index is 11.0. The zero-order valence-electron chi connectivity index (χ0n) is 13.0. The lowest BCUT2D eigenvalue weighted by molar-refractivity contribution is -0.192. The van der Waals surface area contributed by atoms with Gasteiger partial charge in [0.15, 0.2) is 0 Å². The Morgan fingerprint density at radius 1 is 1.18 bits per heavy atom. The van der Waals surface area contributed by atoms with E-state index in [1.54, 1.807) is 0 Å². The Balaban J connectivity index is 1.38. The first-order valence-electron chi connectivity index (χ1n) is 8.55. The minimum Gasteiger partial charge on any atom is -0.481 e. The smallest absolute Gasteiger partial charge is 0.306 e. The number of ether oxygens (including phenoxy) is 1. The van der Waals surface area contributed by atoms with E-state index in [4.69, 9.17) is 9.84 Å². The Hall–Kier alpha value is -1.35. The largest absolute Gasteiger partial charge is 0.481 e. The van der Waals surface area contributed by atoms with Crippen molar-refractivity contribution in [1.29, 1.82) is 0 Å². The van der Waals surface area contributed by atoms with Crippen molar-refractivity contribution in [3.8, 4) is 0 Å². The summed E-state index contributed by atoms with van der Waals surface area (Å²) in [6, 6.07) is 10.6. The molecule has 2 saturated carbocycles. The molecular weight excluding hydrogens is 276 g/mol. The summed E-state index contributed by atoms with van der Waals surface area (Å²) in [5, 5.41) is 9.03. The van der Waals surface area contributed by atoms with Gasteiger partial charge in [-0.15, -0.1) is 0 Å². The van der Waals surface area contributed by atoms with E-state index in [9.17, 15) is 4.79 Å². The van der Waals surface area contributed by atoms with Crippen LogP contribution in [0.15, 0.2) is 30.3 Å². The summed E-state index contributed by atoms with van der Waals surface area (Å²) in [5.41, 5.74) is 1.60. The lowest BCUT2D eigenvalue weighted by Crippen LogP contribution is -2.49. The Kier molecular flexibility index (Phi) is 3.30. The zero-order chi connectivity index (χ0) is 15.2. The molecular formula is C19H24O3. The van der Waals surface area contributed by atoms with Crippen LogP contribution in [0.25, 0.3) is 0 Å². The van der Waals surface area contributed by atoms with Crippen LogP contribution in [0.3, 0.4) is 0 Å². The van der Waals surface area contributed by atoms with Crippen LogP contribution < -0.4 is 0 Å². The van der Waals surface area contributed by atoms with Gasteiger partial charge in [0.25, 0.3) is 0 Å². The Labute approximate surface area is 131 Å². The number of carboxylic acid groups (broad SMARTS) is 1. The van der Waals surface area contributed by atoms with Crippen molar-refractivity contribution in [2.24, 2.45) is 17.3 Å². The van der Waals surface area contributed by atoms with Gasteiger partial charge in [-0.25, -0.2) is 0 Å². The second-order valence-corrected chi connectivity index (χ2v) is 7.63. The molecule has 2 unspecified atom stereocenters. The van der Waals surface area contributed by atoms with Crippen LogP contribution in [0, 0.1) is 17.3 Å². The van der Waals surface area contributed by atoms with Crippen LogP contribution in [-0.4, -0.2) is 17.7 Å². The average molecular weight is 300 g/mol. The molecule has 3 heteroatoms. The predicted octanol–water partition coefficient (Wildman–Crippen LogP) is 3.97. The molecule has 2 atom stereocenters. The van der Waals surface area contributed by atoms with Crippen LogP contribution >= 0.6 is 0 Å². The van der Waals surface area contributed by atoms with Gasteiger partial charge in [-0.2, -0.15) is 0 Å². The number of hydrogen-bond donors (Lipinski definition) is 1. The summed E-state index contributed by atoms with van der Waals surface area (Å²) in [6.07, 6.45) is 7.79. The molecule has 0 radical (unpaired) electrons. The molecule has 118 valence electrons. The van der Waals surface area contributed by atoms with Crippen molar-refractivity contribution in [1.82, 2.24) is 0 Å². The number of aliphatic carboxylic acids is 1. The molecule has 2 aliphatic heterocycles. The fourth-order valence-electron chi connectivity index (χ4n) is 4.56. The van der Waals surface area contributed by atoms with E-state index in [-0.39, 0.29) is 11.5 Å². The van der Waals surface area contributed by atoms with E-state index >= 15 is 0 Å². The van der Waals surface area contributed by atoms with Crippen molar-refractivity contribution >= 4 is 5.97 Å². The van der Waals surface area contributed by atoms with E-state index in [2.05, 4.69) is 30.3 Å². The molecule has 2 saturated heterocycles. The fourth-order valence-corrected chi connectivity index (χ4v) is 4.56. The molecule has 2 bridgehead atoms. The highest BCUT2D eigenvalue weighted by Crippen LogP contribution is 2.56. The first-order valence-corrected chi connectivity index (χ1v) is 8.55. The standard InChI is InChI=1S/C19H24O3/c20-17(21)16-12-14(16)6-7-18-8-10-19(11-9-18,22-13-18)15-4-2-1-3-5-15/h1-5,14,16H,6-13H2,(H,20,21). The van der Waals surface area contributed by atoms with E-state index in [1.807, 2.05) is 0 Å². The second kappa shape index (κ2) is 5.09. The average Bonchev–Trinajstić information content (AvgIpc) is 3.36. The van der Waals surface area contributed by atoms with Gasteiger partial charge in [-0.3, -0.25) is 4.79 Å². The minimum absolute atomic E-state index is 0.0494. The van der Waals surface area contributed by atoms with Crippen LogP contribution in [-0.2, 0) is 15.1 Å². The van der Waals surface area contributed by atoms with Crippen LogP contribution in [0.4, 0.5) is 0 Å². The third kappa shape index (κ3) is 2.36. The number of hydrogen-bond acceptors (Lipinski definition) is 2. The van der Waals surface area contributed by atoms with Gasteiger partial charge in [0.2, 0.25) is 0 Å². The molecule has 3 nitrogen and oxygen atoms in total. The molecule has 0 aromatic heterocycles. The van der Waals surface area contributed by atoms with Gasteiger partial charge < -0.3 is 9.84 Å². The molecule has 4 aliphatic rings. The summed E-state index contributed by atoms with van der Waals surface area (Å²) < 4.78 is 6.36. The molecule has 22 heavy (non-hydrogen) atoms. The van der Waals surface area contributed by atoms with Crippen molar-refractivity contribution in [2.75, 3.05) is 6.61 Å². The van der Waals surface area contributed by atoms with Gasteiger partial charge in [-0.05, 0) is 61.8 Å². The summed E-state index contributed by atoms with van der Waals surface area (Å²) >= 11 is 0. The third-order valence-corrected chi connectivity index (χ3v) is 6.36. The molecule has 4 fully saturated rings. The van der Waals surface area contributed by atoms with Gasteiger partial charge in [0, 0.05) is 0 Å². The lowest BCUT2D eigenvalue weighted by atomic mass is 9.62. The van der Waals surface area contributed by atoms with Gasteiger partial charge in [0.05, 0.1) is 18.1 Å². The van der Waals surface area contributed by atoms with Crippen molar-refractivity contribution in [3.05, 3.63) is 35.9 Å². The van der Waals surface area contributed by atoms with Crippen LogP contribution in [0.2, 0.25) is 0 Å². The van der Waals surface area contributed by atoms with Gasteiger partial charge in [0.1, 0.15) is 0 Å². The van der Waals surface area contributed by atoms with E-state index < -0.39 is 5.97 Å². The van der Waals surface area contributed by atoms with Crippen molar-refractivity contribution < 1.29 is 14.6 Å². The summed E-state index contributed by atoms with van der Waals surface area (Å²) in [7, 11) is 0. The van der Waals surface area contributed by atoms with E-state index in [0.717, 1.165) is 38.7 Å². The van der Waals surface area contributed by atoms with E-state index in [0.29, 0.717) is 11.3 Å². The minimum atomic E-state index is -0.603. The highest BCUT2D eigenvalue weighted by atomic mass is 16.5. The number of fused-ring (bicyclic) bond motifs is 3. The monoisotopic (exact) mass is 300 g/mol. The van der Waals surface area contributed by atoms with Crippen LogP contribution in [0.1, 0.15) is 50.5 Å². The highest BCUT2D eigenvalue weighted by Gasteiger charge is 2.51. The first-order chi connectivity index (χ1) is 10.6. The quantitative estimate of drug-likeness (QED) is 0.895. The SMILES string of the molecule is O=C(O)C1CC1CCC12CCC(c3ccccc3)(CC1)OC2. The molecule has 0 amide bonds. The van der Waals surface area contributed by atoms with Gasteiger partial charge >= 0.3 is 5.97 Å². The normalized spacial score (nSPS) is 39.6. The second-order valence-electron chi connectivity index (χ2n) is 7.63. The van der Waals surface area contributed by atoms with Crippen molar-refractivity contribution in [2.45, 2.75) is 50.5 Å². The van der Waals surface area contributed by atoms with Crippen molar-refractivity contribution in [3.63, 3.8) is 0 Å². The predicted molar refractivity (Wildman–Crippen MR) is 83.4 cm³/mol. The maximum atomic E-state index is 11.0. The molecule has 2 heterocycles. The Morgan fingerprint density at radius 3 is 2.45 bits per heavy atom. The number of benzene rings is 1. The summed E-state index contributed by atoms with van der Waals surface area (Å²) in [6.45, 7) is 0.854. The maximum Gasteiger partial charge on any atom is 0.306 e. The highest BCUT2D eigenvalue weighted by molar-refractivity contribution is 5.73. The molecule has 1 N–H and O–H groups in total. The third-order valence-electron chi connectivity index (χ3n) is 6.36. The molecule has 5 rings (SSSR count).